The third kappa shape index (κ3) is 1.86. The van der Waals surface area contributed by atoms with Crippen molar-refractivity contribution in [1.82, 2.24) is 0 Å². The number of hydrogen-bond acceptors (Lipinski definition) is 0. The zero-order chi connectivity index (χ0) is 7.56. The molecule has 0 bridgehead atoms. The number of rotatable bonds is 1. The Hall–Kier alpha value is -0.260. The summed E-state index contributed by atoms with van der Waals surface area (Å²) in [6.45, 7) is 8.53. The van der Waals surface area contributed by atoms with Crippen LogP contribution in [0.4, 0.5) is 0 Å². The minimum atomic E-state index is 0.844. The highest BCUT2D eigenvalue weighted by Gasteiger charge is 2.17. The SMILES string of the molecule is C=C(C)C1CCC(C)CC1. The van der Waals surface area contributed by atoms with Gasteiger partial charge in [0.05, 0.1) is 0 Å². The van der Waals surface area contributed by atoms with Crippen molar-refractivity contribution in [3.8, 4) is 0 Å². The summed E-state index contributed by atoms with van der Waals surface area (Å²) in [5.74, 6) is 1.81. The van der Waals surface area contributed by atoms with Crippen LogP contribution in [0.1, 0.15) is 39.5 Å². The largest absolute Gasteiger partial charge is 0.0999 e. The van der Waals surface area contributed by atoms with E-state index in [1.807, 2.05) is 0 Å². The lowest BCUT2D eigenvalue weighted by molar-refractivity contribution is 0.321. The maximum absolute atomic E-state index is 4.00. The monoisotopic (exact) mass is 138 g/mol. The molecule has 58 valence electrons. The highest BCUT2D eigenvalue weighted by Crippen LogP contribution is 2.31. The highest BCUT2D eigenvalue weighted by molar-refractivity contribution is 4.97. The van der Waals surface area contributed by atoms with Crippen molar-refractivity contribution < 1.29 is 0 Å². The van der Waals surface area contributed by atoms with Crippen LogP contribution in [-0.2, 0) is 0 Å². The quantitative estimate of drug-likeness (QED) is 0.487. The first-order chi connectivity index (χ1) is 4.70. The summed E-state index contributed by atoms with van der Waals surface area (Å²) in [7, 11) is 0. The summed E-state index contributed by atoms with van der Waals surface area (Å²) < 4.78 is 0. The van der Waals surface area contributed by atoms with Crippen molar-refractivity contribution in [2.45, 2.75) is 39.5 Å². The third-order valence-electron chi connectivity index (χ3n) is 2.71. The van der Waals surface area contributed by atoms with Gasteiger partial charge in [-0.2, -0.15) is 0 Å². The van der Waals surface area contributed by atoms with E-state index < -0.39 is 0 Å². The minimum Gasteiger partial charge on any atom is -0.0999 e. The first-order valence-corrected chi connectivity index (χ1v) is 4.35. The summed E-state index contributed by atoms with van der Waals surface area (Å²) in [4.78, 5) is 0. The Kier molecular flexibility index (Phi) is 2.53. The molecule has 0 heterocycles. The molecule has 0 aromatic carbocycles. The molecule has 0 amide bonds. The van der Waals surface area contributed by atoms with Gasteiger partial charge in [-0.3, -0.25) is 0 Å². The van der Waals surface area contributed by atoms with Gasteiger partial charge in [0.1, 0.15) is 0 Å². The Balaban J connectivity index is 2.33. The molecule has 0 aliphatic heterocycles. The van der Waals surface area contributed by atoms with E-state index in [9.17, 15) is 0 Å². The summed E-state index contributed by atoms with van der Waals surface area (Å²) in [6, 6.07) is 0. The van der Waals surface area contributed by atoms with Gasteiger partial charge in [-0.1, -0.05) is 31.9 Å². The van der Waals surface area contributed by atoms with E-state index in [0.29, 0.717) is 0 Å². The fraction of sp³-hybridized carbons (Fsp3) is 0.800. The summed E-state index contributed by atoms with van der Waals surface area (Å²) in [5, 5.41) is 0. The Morgan fingerprint density at radius 1 is 1.20 bits per heavy atom. The molecular weight excluding hydrogens is 120 g/mol. The smallest absolute Gasteiger partial charge is 0.0208 e. The molecule has 1 saturated carbocycles. The van der Waals surface area contributed by atoms with E-state index >= 15 is 0 Å². The van der Waals surface area contributed by atoms with E-state index in [-0.39, 0.29) is 0 Å². The van der Waals surface area contributed by atoms with E-state index in [1.54, 1.807) is 0 Å². The standard InChI is InChI=1S/C10H18/c1-8(2)10-6-4-9(3)5-7-10/h9-10H,1,4-7H2,2-3H3. The maximum Gasteiger partial charge on any atom is -0.0208 e. The topological polar surface area (TPSA) is 0 Å². The predicted molar refractivity (Wildman–Crippen MR) is 45.9 cm³/mol. The summed E-state index contributed by atoms with van der Waals surface area (Å²) in [6.07, 6.45) is 5.60. The fourth-order valence-electron chi connectivity index (χ4n) is 1.75. The first-order valence-electron chi connectivity index (χ1n) is 4.35. The van der Waals surface area contributed by atoms with Crippen molar-refractivity contribution in [3.05, 3.63) is 12.2 Å². The van der Waals surface area contributed by atoms with Crippen LogP contribution >= 0.6 is 0 Å². The lowest BCUT2D eigenvalue weighted by Crippen LogP contribution is -2.12. The van der Waals surface area contributed by atoms with Crippen LogP contribution < -0.4 is 0 Å². The van der Waals surface area contributed by atoms with Crippen molar-refractivity contribution in [3.63, 3.8) is 0 Å². The average molecular weight is 138 g/mol. The van der Waals surface area contributed by atoms with Crippen molar-refractivity contribution in [1.29, 1.82) is 0 Å². The van der Waals surface area contributed by atoms with Crippen LogP contribution in [0.15, 0.2) is 12.2 Å². The van der Waals surface area contributed by atoms with Crippen LogP contribution in [0, 0.1) is 11.8 Å². The molecule has 0 N–H and O–H groups in total. The molecular formula is C10H18. The molecule has 10 heavy (non-hydrogen) atoms. The molecule has 1 rings (SSSR count). The van der Waals surface area contributed by atoms with Gasteiger partial charge in [0.25, 0.3) is 0 Å². The third-order valence-corrected chi connectivity index (χ3v) is 2.71. The second kappa shape index (κ2) is 3.23. The second-order valence-corrected chi connectivity index (χ2v) is 3.80. The Bertz CT molecular complexity index is 116. The Morgan fingerprint density at radius 3 is 2.10 bits per heavy atom. The van der Waals surface area contributed by atoms with Crippen molar-refractivity contribution >= 4 is 0 Å². The molecule has 0 saturated heterocycles. The van der Waals surface area contributed by atoms with Crippen LogP contribution in [-0.4, -0.2) is 0 Å². The molecule has 1 fully saturated rings. The molecule has 0 heteroatoms. The van der Waals surface area contributed by atoms with Gasteiger partial charge in [0, 0.05) is 0 Å². The van der Waals surface area contributed by atoms with E-state index in [1.165, 1.54) is 31.3 Å². The predicted octanol–water partition coefficient (Wildman–Crippen LogP) is 3.39. The molecule has 0 aromatic rings. The van der Waals surface area contributed by atoms with Crippen LogP contribution in [0.25, 0.3) is 0 Å². The molecule has 0 atom stereocenters. The van der Waals surface area contributed by atoms with Crippen LogP contribution in [0.3, 0.4) is 0 Å². The van der Waals surface area contributed by atoms with Gasteiger partial charge in [0.15, 0.2) is 0 Å². The molecule has 1 aliphatic carbocycles. The van der Waals surface area contributed by atoms with Crippen LogP contribution in [0.5, 0.6) is 0 Å². The molecule has 1 aliphatic rings. The lowest BCUT2D eigenvalue weighted by atomic mass is 9.80. The van der Waals surface area contributed by atoms with E-state index in [4.69, 9.17) is 0 Å². The van der Waals surface area contributed by atoms with Gasteiger partial charge in [-0.05, 0) is 31.6 Å². The van der Waals surface area contributed by atoms with Gasteiger partial charge >= 0.3 is 0 Å². The normalized spacial score (nSPS) is 33.8. The summed E-state index contributed by atoms with van der Waals surface area (Å²) in [5.41, 5.74) is 1.40. The first kappa shape index (κ1) is 7.84. The van der Waals surface area contributed by atoms with Crippen LogP contribution in [0.2, 0.25) is 0 Å². The molecule has 0 nitrogen and oxygen atoms in total. The number of hydrogen-bond donors (Lipinski definition) is 0. The van der Waals surface area contributed by atoms with Gasteiger partial charge in [0.2, 0.25) is 0 Å². The summed E-state index contributed by atoms with van der Waals surface area (Å²) >= 11 is 0. The Labute approximate surface area is 64.3 Å². The molecule has 0 radical (unpaired) electrons. The zero-order valence-electron chi connectivity index (χ0n) is 7.19. The van der Waals surface area contributed by atoms with Crippen molar-refractivity contribution in [2.24, 2.45) is 11.8 Å². The van der Waals surface area contributed by atoms with Gasteiger partial charge < -0.3 is 0 Å². The lowest BCUT2D eigenvalue weighted by Gasteiger charge is -2.26. The van der Waals surface area contributed by atoms with Crippen molar-refractivity contribution in [2.75, 3.05) is 0 Å². The van der Waals surface area contributed by atoms with Gasteiger partial charge in [-0.15, -0.1) is 0 Å². The molecule has 0 aromatic heterocycles. The van der Waals surface area contributed by atoms with Gasteiger partial charge in [-0.25, -0.2) is 0 Å². The highest BCUT2D eigenvalue weighted by atomic mass is 14.2. The Morgan fingerprint density at radius 2 is 1.70 bits per heavy atom. The maximum atomic E-state index is 4.00. The molecule has 0 spiro atoms. The average Bonchev–Trinajstić information content (AvgIpc) is 1.88. The zero-order valence-corrected chi connectivity index (χ0v) is 7.19. The molecule has 0 unspecified atom stereocenters. The number of allylic oxidation sites excluding steroid dienone is 1. The van der Waals surface area contributed by atoms with E-state index in [2.05, 4.69) is 20.4 Å². The second-order valence-electron chi connectivity index (χ2n) is 3.80. The minimum absolute atomic E-state index is 0.844. The fourth-order valence-corrected chi connectivity index (χ4v) is 1.75. The van der Waals surface area contributed by atoms with E-state index in [0.717, 1.165) is 11.8 Å².